The van der Waals surface area contributed by atoms with Crippen molar-refractivity contribution < 1.29 is 4.74 Å². The number of hydrogen-bond donors (Lipinski definition) is 1. The zero-order valence-electron chi connectivity index (χ0n) is 10.1. The van der Waals surface area contributed by atoms with Crippen molar-refractivity contribution in [3.05, 3.63) is 50.1 Å². The largest absolute Gasteiger partial charge is 0.495 e. The van der Waals surface area contributed by atoms with Crippen LogP contribution in [0.2, 0.25) is 5.15 Å². The van der Waals surface area contributed by atoms with Crippen molar-refractivity contribution in [3.8, 4) is 5.75 Å². The van der Waals surface area contributed by atoms with E-state index in [-0.39, 0.29) is 0 Å². The number of benzene rings is 1. The van der Waals surface area contributed by atoms with Gasteiger partial charge in [0.05, 0.1) is 23.5 Å². The minimum absolute atomic E-state index is 0.480. The molecule has 1 heterocycles. The zero-order chi connectivity index (χ0) is 13.8. The molecule has 0 saturated carbocycles. The number of hydrogen-bond acceptors (Lipinski definition) is 3. The molecule has 0 amide bonds. The van der Waals surface area contributed by atoms with Gasteiger partial charge in [-0.05, 0) is 40.2 Å². The number of anilines is 1. The van der Waals surface area contributed by atoms with Crippen LogP contribution in [-0.4, -0.2) is 12.1 Å². The number of ether oxygens (including phenoxy) is 1. The van der Waals surface area contributed by atoms with Crippen LogP contribution in [0.1, 0.15) is 5.56 Å². The lowest BCUT2D eigenvalue weighted by atomic mass is 10.2. The molecule has 1 aromatic carbocycles. The van der Waals surface area contributed by atoms with E-state index in [9.17, 15) is 0 Å². The third-order valence-electron chi connectivity index (χ3n) is 2.50. The highest BCUT2D eigenvalue weighted by atomic mass is 79.9. The van der Waals surface area contributed by atoms with E-state index in [0.29, 0.717) is 11.7 Å². The highest BCUT2D eigenvalue weighted by Crippen LogP contribution is 2.33. The van der Waals surface area contributed by atoms with Crippen molar-refractivity contribution in [2.75, 3.05) is 12.4 Å². The summed E-state index contributed by atoms with van der Waals surface area (Å²) in [6.45, 7) is 0.629. The summed E-state index contributed by atoms with van der Waals surface area (Å²) in [5.74, 6) is 0.817. The van der Waals surface area contributed by atoms with Crippen LogP contribution in [0, 0.1) is 0 Å². The molecule has 1 N–H and O–H groups in total. The van der Waals surface area contributed by atoms with Gasteiger partial charge in [-0.15, -0.1) is 0 Å². The minimum Gasteiger partial charge on any atom is -0.495 e. The number of halogens is 3. The molecule has 3 nitrogen and oxygen atoms in total. The molecular weight excluding hydrogens is 395 g/mol. The third kappa shape index (κ3) is 3.84. The Morgan fingerprint density at radius 2 is 2.11 bits per heavy atom. The van der Waals surface area contributed by atoms with E-state index in [1.165, 1.54) is 0 Å². The van der Waals surface area contributed by atoms with Crippen molar-refractivity contribution in [2.24, 2.45) is 0 Å². The predicted octanol–water partition coefficient (Wildman–Crippen LogP) is 4.88. The average molecular weight is 407 g/mol. The van der Waals surface area contributed by atoms with Crippen molar-refractivity contribution in [2.45, 2.75) is 6.54 Å². The lowest BCUT2D eigenvalue weighted by Gasteiger charge is -2.12. The van der Waals surface area contributed by atoms with Gasteiger partial charge in [0.1, 0.15) is 10.9 Å². The van der Waals surface area contributed by atoms with Crippen LogP contribution >= 0.6 is 43.5 Å². The first kappa shape index (κ1) is 14.6. The van der Waals surface area contributed by atoms with Crippen LogP contribution in [-0.2, 0) is 6.54 Å². The first-order valence-corrected chi connectivity index (χ1v) is 7.44. The molecule has 0 radical (unpaired) electrons. The molecule has 0 atom stereocenters. The van der Waals surface area contributed by atoms with Gasteiger partial charge >= 0.3 is 0 Å². The predicted molar refractivity (Wildman–Crippen MR) is 85.0 cm³/mol. The second kappa shape index (κ2) is 6.59. The number of rotatable bonds is 4. The topological polar surface area (TPSA) is 34.1 Å². The van der Waals surface area contributed by atoms with Crippen LogP contribution in [0.25, 0.3) is 0 Å². The summed E-state index contributed by atoms with van der Waals surface area (Å²) < 4.78 is 7.30. The fourth-order valence-electron chi connectivity index (χ4n) is 1.65. The summed E-state index contributed by atoms with van der Waals surface area (Å²) in [5.41, 5.74) is 1.95. The fraction of sp³-hybridized carbons (Fsp3) is 0.154. The highest BCUT2D eigenvalue weighted by Gasteiger charge is 2.09. The van der Waals surface area contributed by atoms with Crippen LogP contribution < -0.4 is 10.1 Å². The molecular formula is C13H11Br2ClN2O. The van der Waals surface area contributed by atoms with Gasteiger partial charge < -0.3 is 10.1 Å². The monoisotopic (exact) mass is 404 g/mol. The van der Waals surface area contributed by atoms with Crippen LogP contribution in [0.15, 0.2) is 39.4 Å². The second-order valence-electron chi connectivity index (χ2n) is 3.80. The second-order valence-corrected chi connectivity index (χ2v) is 5.96. The molecule has 0 bridgehead atoms. The highest BCUT2D eigenvalue weighted by molar-refractivity contribution is 9.11. The molecule has 0 aliphatic rings. The Kier molecular flexibility index (Phi) is 5.07. The summed E-state index contributed by atoms with van der Waals surface area (Å²) in [6, 6.07) is 7.60. The van der Waals surface area contributed by atoms with E-state index in [0.717, 1.165) is 25.9 Å². The van der Waals surface area contributed by atoms with Crippen molar-refractivity contribution in [1.29, 1.82) is 0 Å². The summed E-state index contributed by atoms with van der Waals surface area (Å²) >= 11 is 12.7. The van der Waals surface area contributed by atoms with E-state index in [1.807, 2.05) is 18.2 Å². The third-order valence-corrected chi connectivity index (χ3v) is 3.77. The Morgan fingerprint density at radius 3 is 2.74 bits per heavy atom. The number of nitrogens with zero attached hydrogens (tertiary/aromatic N) is 1. The lowest BCUT2D eigenvalue weighted by Crippen LogP contribution is -2.02. The maximum atomic E-state index is 5.75. The lowest BCUT2D eigenvalue weighted by molar-refractivity contribution is 0.407. The van der Waals surface area contributed by atoms with Crippen LogP contribution in [0.5, 0.6) is 5.75 Å². The van der Waals surface area contributed by atoms with E-state index >= 15 is 0 Å². The maximum Gasteiger partial charge on any atom is 0.138 e. The average Bonchev–Trinajstić information content (AvgIpc) is 2.37. The van der Waals surface area contributed by atoms with E-state index in [2.05, 4.69) is 42.2 Å². The summed E-state index contributed by atoms with van der Waals surface area (Å²) in [5, 5.41) is 3.75. The van der Waals surface area contributed by atoms with Gasteiger partial charge in [0.15, 0.2) is 0 Å². The van der Waals surface area contributed by atoms with Gasteiger partial charge in [0.2, 0.25) is 0 Å². The molecule has 0 spiro atoms. The molecule has 100 valence electrons. The van der Waals surface area contributed by atoms with Gasteiger partial charge in [-0.25, -0.2) is 4.98 Å². The van der Waals surface area contributed by atoms with Gasteiger partial charge in [-0.2, -0.15) is 0 Å². The molecule has 0 saturated heterocycles. The number of nitrogens with one attached hydrogen (secondary N) is 1. The zero-order valence-corrected chi connectivity index (χ0v) is 14.0. The smallest absolute Gasteiger partial charge is 0.138 e. The summed E-state index contributed by atoms with van der Waals surface area (Å²) in [6.07, 6.45) is 1.70. The molecule has 0 aliphatic carbocycles. The maximum absolute atomic E-state index is 5.75. The molecule has 2 rings (SSSR count). The van der Waals surface area contributed by atoms with E-state index in [1.54, 1.807) is 19.4 Å². The Hall–Kier alpha value is -0.780. The van der Waals surface area contributed by atoms with Crippen LogP contribution in [0.3, 0.4) is 0 Å². The van der Waals surface area contributed by atoms with Gasteiger partial charge in [-0.3, -0.25) is 0 Å². The standard InChI is InChI=1S/C13H11Br2ClN2O/c1-19-13-8(4-9(14)5-11(13)15)6-17-10-2-3-12(16)18-7-10/h2-5,7,17H,6H2,1H3. The Bertz CT molecular complexity index is 576. The summed E-state index contributed by atoms with van der Waals surface area (Å²) in [7, 11) is 1.65. The molecule has 1 aromatic heterocycles. The molecule has 6 heteroatoms. The molecule has 0 unspecified atom stereocenters. The first-order chi connectivity index (χ1) is 9.10. The van der Waals surface area contributed by atoms with E-state index < -0.39 is 0 Å². The van der Waals surface area contributed by atoms with Crippen molar-refractivity contribution >= 4 is 49.1 Å². The number of pyridine rings is 1. The first-order valence-electron chi connectivity index (χ1n) is 5.47. The van der Waals surface area contributed by atoms with Gasteiger partial charge in [0.25, 0.3) is 0 Å². The fourth-order valence-corrected chi connectivity index (χ4v) is 3.24. The Balaban J connectivity index is 2.17. The molecule has 0 aliphatic heterocycles. The Labute approximate surface area is 133 Å². The number of aromatic nitrogens is 1. The van der Waals surface area contributed by atoms with Crippen LogP contribution in [0.4, 0.5) is 5.69 Å². The van der Waals surface area contributed by atoms with E-state index in [4.69, 9.17) is 16.3 Å². The molecule has 19 heavy (non-hydrogen) atoms. The quantitative estimate of drug-likeness (QED) is 0.735. The van der Waals surface area contributed by atoms with Crippen molar-refractivity contribution in [1.82, 2.24) is 4.98 Å². The number of methoxy groups -OCH3 is 1. The normalized spacial score (nSPS) is 10.3. The molecule has 2 aromatic rings. The van der Waals surface area contributed by atoms with Gasteiger partial charge in [0, 0.05) is 16.6 Å². The molecule has 0 fully saturated rings. The van der Waals surface area contributed by atoms with Gasteiger partial charge in [-0.1, -0.05) is 27.5 Å². The summed E-state index contributed by atoms with van der Waals surface area (Å²) in [4.78, 5) is 4.02. The van der Waals surface area contributed by atoms with Crippen molar-refractivity contribution in [3.63, 3.8) is 0 Å². The minimum atomic E-state index is 0.480. The SMILES string of the molecule is COc1c(Br)cc(Br)cc1CNc1ccc(Cl)nc1. The Morgan fingerprint density at radius 1 is 1.32 bits per heavy atom.